The first-order valence-corrected chi connectivity index (χ1v) is 5.67. The van der Waals surface area contributed by atoms with Gasteiger partial charge in [0, 0.05) is 6.04 Å². The van der Waals surface area contributed by atoms with Crippen LogP contribution in [0.3, 0.4) is 0 Å². The molecule has 1 nitrogen and oxygen atoms in total. The van der Waals surface area contributed by atoms with Crippen molar-refractivity contribution in [2.45, 2.75) is 32.2 Å². The third-order valence-electron chi connectivity index (χ3n) is 3.68. The maximum Gasteiger partial charge on any atom is 0.123 e. The number of hydrogen-bond donors (Lipinski definition) is 1. The minimum absolute atomic E-state index is 0.137. The summed E-state index contributed by atoms with van der Waals surface area (Å²) in [5.74, 6) is 1.05. The fourth-order valence-electron chi connectivity index (χ4n) is 2.54. The maximum absolute atomic E-state index is 13.0. The lowest BCUT2D eigenvalue weighted by Gasteiger charge is -2.17. The van der Waals surface area contributed by atoms with Crippen LogP contribution in [-0.2, 0) is 6.42 Å². The zero-order valence-corrected chi connectivity index (χ0v) is 9.12. The van der Waals surface area contributed by atoms with Crippen LogP contribution in [0.4, 0.5) is 4.39 Å². The largest absolute Gasteiger partial charge is 0.327 e. The average molecular weight is 207 g/mol. The average Bonchev–Trinajstić information content (AvgIpc) is 2.50. The van der Waals surface area contributed by atoms with Gasteiger partial charge < -0.3 is 5.73 Å². The van der Waals surface area contributed by atoms with Gasteiger partial charge in [-0.15, -0.1) is 0 Å². The van der Waals surface area contributed by atoms with Crippen LogP contribution in [0.5, 0.6) is 0 Å². The fourth-order valence-corrected chi connectivity index (χ4v) is 2.54. The lowest BCUT2D eigenvalue weighted by Crippen LogP contribution is -2.25. The molecule has 1 aromatic carbocycles. The monoisotopic (exact) mass is 207 g/mol. The third kappa shape index (κ3) is 2.37. The van der Waals surface area contributed by atoms with E-state index in [2.05, 4.69) is 6.92 Å². The summed E-state index contributed by atoms with van der Waals surface area (Å²) < 4.78 is 13.0. The minimum atomic E-state index is -0.137. The van der Waals surface area contributed by atoms with Crippen LogP contribution in [0.2, 0.25) is 0 Å². The number of halogens is 1. The molecule has 3 unspecified atom stereocenters. The van der Waals surface area contributed by atoms with E-state index in [1.807, 2.05) is 6.07 Å². The quantitative estimate of drug-likeness (QED) is 0.792. The third-order valence-corrected chi connectivity index (χ3v) is 3.68. The number of nitrogens with two attached hydrogens (primary N) is 1. The Kier molecular flexibility index (Phi) is 3.06. The van der Waals surface area contributed by atoms with Crippen molar-refractivity contribution in [3.63, 3.8) is 0 Å². The summed E-state index contributed by atoms with van der Waals surface area (Å²) in [5.41, 5.74) is 7.08. The first kappa shape index (κ1) is 10.6. The van der Waals surface area contributed by atoms with Crippen LogP contribution >= 0.6 is 0 Å². The van der Waals surface area contributed by atoms with Gasteiger partial charge in [-0.05, 0) is 48.8 Å². The summed E-state index contributed by atoms with van der Waals surface area (Å²) in [6, 6.07) is 7.25. The highest BCUT2D eigenvalue weighted by atomic mass is 19.1. The zero-order valence-electron chi connectivity index (χ0n) is 9.12. The molecule has 0 amide bonds. The Hall–Kier alpha value is -0.890. The van der Waals surface area contributed by atoms with E-state index in [1.54, 1.807) is 12.1 Å². The van der Waals surface area contributed by atoms with Gasteiger partial charge in [-0.1, -0.05) is 19.1 Å². The minimum Gasteiger partial charge on any atom is -0.327 e. The fraction of sp³-hybridized carbons (Fsp3) is 0.538. The van der Waals surface area contributed by atoms with E-state index in [-0.39, 0.29) is 5.82 Å². The summed E-state index contributed by atoms with van der Waals surface area (Å²) in [6.45, 7) is 2.21. The van der Waals surface area contributed by atoms with Gasteiger partial charge in [0.25, 0.3) is 0 Å². The molecule has 1 aliphatic rings. The molecule has 0 heterocycles. The van der Waals surface area contributed by atoms with E-state index >= 15 is 0 Å². The Bertz CT molecular complexity index is 337. The van der Waals surface area contributed by atoms with Gasteiger partial charge in [-0.25, -0.2) is 4.39 Å². The molecule has 1 aromatic rings. The van der Waals surface area contributed by atoms with E-state index in [4.69, 9.17) is 5.73 Å². The first-order chi connectivity index (χ1) is 7.16. The van der Waals surface area contributed by atoms with Gasteiger partial charge >= 0.3 is 0 Å². The molecule has 1 aliphatic carbocycles. The highest BCUT2D eigenvalue weighted by Gasteiger charge is 2.29. The second-order valence-electron chi connectivity index (χ2n) is 4.69. The Morgan fingerprint density at radius 1 is 1.40 bits per heavy atom. The van der Waals surface area contributed by atoms with Gasteiger partial charge in [-0.3, -0.25) is 0 Å². The molecule has 2 heteroatoms. The van der Waals surface area contributed by atoms with Crippen molar-refractivity contribution >= 4 is 0 Å². The van der Waals surface area contributed by atoms with Crippen molar-refractivity contribution in [3.8, 4) is 0 Å². The van der Waals surface area contributed by atoms with E-state index in [1.165, 1.54) is 12.5 Å². The van der Waals surface area contributed by atoms with Gasteiger partial charge in [0.2, 0.25) is 0 Å². The molecule has 3 atom stereocenters. The van der Waals surface area contributed by atoms with Crippen LogP contribution in [-0.4, -0.2) is 6.04 Å². The Balaban J connectivity index is 2.03. The van der Waals surface area contributed by atoms with Crippen LogP contribution < -0.4 is 5.73 Å². The Morgan fingerprint density at radius 3 is 2.80 bits per heavy atom. The summed E-state index contributed by atoms with van der Waals surface area (Å²) >= 11 is 0. The second-order valence-corrected chi connectivity index (χ2v) is 4.69. The second kappa shape index (κ2) is 4.31. The van der Waals surface area contributed by atoms with Gasteiger partial charge in [0.15, 0.2) is 0 Å². The van der Waals surface area contributed by atoms with Crippen LogP contribution in [0, 0.1) is 17.7 Å². The van der Waals surface area contributed by atoms with Gasteiger partial charge in [-0.2, -0.15) is 0 Å². The summed E-state index contributed by atoms with van der Waals surface area (Å²) in [6.07, 6.45) is 3.26. The predicted octanol–water partition coefficient (Wildman–Crippen LogP) is 2.74. The molecule has 0 aromatic heterocycles. The maximum atomic E-state index is 13.0. The molecule has 0 bridgehead atoms. The molecule has 15 heavy (non-hydrogen) atoms. The normalized spacial score (nSPS) is 30.7. The molecular formula is C13H18FN. The van der Waals surface area contributed by atoms with E-state index in [9.17, 15) is 4.39 Å². The summed E-state index contributed by atoms with van der Waals surface area (Å²) in [7, 11) is 0. The lowest BCUT2D eigenvalue weighted by molar-refractivity contribution is 0.390. The molecule has 0 radical (unpaired) electrons. The molecule has 2 N–H and O–H groups in total. The molecule has 2 rings (SSSR count). The lowest BCUT2D eigenvalue weighted by atomic mass is 9.90. The topological polar surface area (TPSA) is 26.0 Å². The van der Waals surface area contributed by atoms with Crippen molar-refractivity contribution in [2.24, 2.45) is 17.6 Å². The van der Waals surface area contributed by atoms with Gasteiger partial charge in [0.1, 0.15) is 5.82 Å². The summed E-state index contributed by atoms with van der Waals surface area (Å²) in [5, 5.41) is 0. The number of benzene rings is 1. The van der Waals surface area contributed by atoms with E-state index in [0.717, 1.165) is 18.4 Å². The SMILES string of the molecule is CC1C(N)CCC1Cc1cccc(F)c1. The highest BCUT2D eigenvalue weighted by Crippen LogP contribution is 2.33. The molecule has 0 saturated heterocycles. The molecule has 0 spiro atoms. The van der Waals surface area contributed by atoms with Crippen LogP contribution in [0.15, 0.2) is 24.3 Å². The Labute approximate surface area is 90.5 Å². The van der Waals surface area contributed by atoms with Crippen molar-refractivity contribution in [1.82, 2.24) is 0 Å². The standard InChI is InChI=1S/C13H18FN/c1-9-11(5-6-13(9)15)7-10-3-2-4-12(14)8-10/h2-4,8-9,11,13H,5-7,15H2,1H3. The summed E-state index contributed by atoms with van der Waals surface area (Å²) in [4.78, 5) is 0. The van der Waals surface area contributed by atoms with E-state index < -0.39 is 0 Å². The molecule has 1 saturated carbocycles. The molecular weight excluding hydrogens is 189 g/mol. The molecule has 0 aliphatic heterocycles. The highest BCUT2D eigenvalue weighted by molar-refractivity contribution is 5.17. The van der Waals surface area contributed by atoms with Gasteiger partial charge in [0.05, 0.1) is 0 Å². The van der Waals surface area contributed by atoms with Crippen molar-refractivity contribution in [3.05, 3.63) is 35.6 Å². The predicted molar refractivity (Wildman–Crippen MR) is 60.0 cm³/mol. The van der Waals surface area contributed by atoms with Crippen LogP contribution in [0.1, 0.15) is 25.3 Å². The van der Waals surface area contributed by atoms with Crippen LogP contribution in [0.25, 0.3) is 0 Å². The first-order valence-electron chi connectivity index (χ1n) is 5.67. The van der Waals surface area contributed by atoms with Crippen molar-refractivity contribution < 1.29 is 4.39 Å². The van der Waals surface area contributed by atoms with Crippen molar-refractivity contribution in [2.75, 3.05) is 0 Å². The number of hydrogen-bond acceptors (Lipinski definition) is 1. The zero-order chi connectivity index (χ0) is 10.8. The molecule has 82 valence electrons. The smallest absolute Gasteiger partial charge is 0.123 e. The molecule has 1 fully saturated rings. The Morgan fingerprint density at radius 2 is 2.20 bits per heavy atom. The number of rotatable bonds is 2. The van der Waals surface area contributed by atoms with E-state index in [0.29, 0.717) is 17.9 Å². The van der Waals surface area contributed by atoms with Crippen molar-refractivity contribution in [1.29, 1.82) is 0 Å².